The maximum Gasteiger partial charge on any atom is 0.315 e. The van der Waals surface area contributed by atoms with Gasteiger partial charge in [-0.25, -0.2) is 4.79 Å². The summed E-state index contributed by atoms with van der Waals surface area (Å²) in [6.45, 7) is 1.16. The van der Waals surface area contributed by atoms with Crippen LogP contribution in [0.15, 0.2) is 16.5 Å². The Balaban J connectivity index is 2.13. The zero-order valence-electron chi connectivity index (χ0n) is 9.31. The third-order valence-electron chi connectivity index (χ3n) is 2.83. The smallest absolute Gasteiger partial charge is 0.315 e. The Bertz CT molecular complexity index is 375. The van der Waals surface area contributed by atoms with E-state index < -0.39 is 0 Å². The summed E-state index contributed by atoms with van der Waals surface area (Å²) in [5.41, 5.74) is 5.31. The fourth-order valence-corrected chi connectivity index (χ4v) is 2.12. The molecule has 0 radical (unpaired) electrons. The molecule has 1 saturated heterocycles. The Kier molecular flexibility index (Phi) is 3.14. The largest absolute Gasteiger partial charge is 0.461 e. The van der Waals surface area contributed by atoms with Crippen molar-refractivity contribution < 1.29 is 13.9 Å². The predicted molar refractivity (Wildman–Crippen MR) is 57.7 cm³/mol. The molecule has 1 atom stereocenters. The third kappa shape index (κ3) is 2.04. The molecule has 88 valence electrons. The maximum atomic E-state index is 11.2. The van der Waals surface area contributed by atoms with Crippen LogP contribution in [0, 0.1) is 0 Å². The quantitative estimate of drug-likeness (QED) is 0.848. The lowest BCUT2D eigenvalue weighted by Gasteiger charge is -2.20. The average molecular weight is 224 g/mol. The minimum absolute atomic E-state index is 0.0110. The number of hydrogen-bond donors (Lipinski definition) is 1. The van der Waals surface area contributed by atoms with Gasteiger partial charge in [0.15, 0.2) is 0 Å². The predicted octanol–water partition coefficient (Wildman–Crippen LogP) is 1.64. The second-order valence-electron chi connectivity index (χ2n) is 3.93. The zero-order chi connectivity index (χ0) is 11.5. The highest BCUT2D eigenvalue weighted by Crippen LogP contribution is 2.32. The molecule has 2 heterocycles. The van der Waals surface area contributed by atoms with E-state index in [-0.39, 0.29) is 12.1 Å². The van der Waals surface area contributed by atoms with Crippen LogP contribution in [0.5, 0.6) is 0 Å². The molecule has 0 spiro atoms. The molecular formula is C11H16N2O3. The molecular weight excluding hydrogens is 208 g/mol. The van der Waals surface area contributed by atoms with Crippen molar-refractivity contribution in [3.63, 3.8) is 0 Å². The fraction of sp³-hybridized carbons (Fsp3) is 0.545. The number of rotatable bonds is 3. The van der Waals surface area contributed by atoms with Gasteiger partial charge >= 0.3 is 6.03 Å². The van der Waals surface area contributed by atoms with Crippen molar-refractivity contribution >= 4 is 6.03 Å². The molecule has 1 fully saturated rings. The molecule has 1 aliphatic heterocycles. The van der Waals surface area contributed by atoms with Crippen molar-refractivity contribution in [3.8, 4) is 0 Å². The van der Waals surface area contributed by atoms with Crippen LogP contribution in [-0.2, 0) is 11.3 Å². The number of carbonyl (C=O) groups excluding carboxylic acids is 1. The van der Waals surface area contributed by atoms with Crippen molar-refractivity contribution in [1.82, 2.24) is 4.90 Å². The zero-order valence-corrected chi connectivity index (χ0v) is 9.31. The number of hydrogen-bond acceptors (Lipinski definition) is 3. The van der Waals surface area contributed by atoms with Gasteiger partial charge in [0.25, 0.3) is 0 Å². The van der Waals surface area contributed by atoms with Gasteiger partial charge in [0.05, 0.1) is 6.04 Å². The van der Waals surface area contributed by atoms with Crippen molar-refractivity contribution in [3.05, 3.63) is 23.7 Å². The normalized spacial score (nSPS) is 20.3. The molecule has 0 saturated carbocycles. The van der Waals surface area contributed by atoms with Crippen LogP contribution < -0.4 is 5.73 Å². The molecule has 2 amide bonds. The van der Waals surface area contributed by atoms with Crippen LogP contribution in [-0.4, -0.2) is 24.6 Å². The van der Waals surface area contributed by atoms with Crippen molar-refractivity contribution in [1.29, 1.82) is 0 Å². The van der Waals surface area contributed by atoms with Gasteiger partial charge in [0.1, 0.15) is 18.1 Å². The number of carbonyl (C=O) groups is 1. The van der Waals surface area contributed by atoms with E-state index in [0.717, 1.165) is 24.4 Å². The summed E-state index contributed by atoms with van der Waals surface area (Å²) in [7, 11) is 1.62. The van der Waals surface area contributed by atoms with E-state index in [1.165, 1.54) is 0 Å². The lowest BCUT2D eigenvalue weighted by molar-refractivity contribution is 0.157. The van der Waals surface area contributed by atoms with E-state index in [9.17, 15) is 4.79 Å². The first kappa shape index (κ1) is 11.0. The van der Waals surface area contributed by atoms with Gasteiger partial charge in [0.2, 0.25) is 0 Å². The summed E-state index contributed by atoms with van der Waals surface area (Å²) in [5.74, 6) is 1.57. The molecule has 5 nitrogen and oxygen atoms in total. The highest BCUT2D eigenvalue weighted by molar-refractivity contribution is 5.72. The van der Waals surface area contributed by atoms with Crippen LogP contribution in [0.1, 0.15) is 30.4 Å². The van der Waals surface area contributed by atoms with Crippen molar-refractivity contribution in [2.24, 2.45) is 5.73 Å². The molecule has 1 aromatic heterocycles. The Morgan fingerprint density at radius 3 is 3.19 bits per heavy atom. The number of furan rings is 1. The Morgan fingerprint density at radius 2 is 2.50 bits per heavy atom. The molecule has 1 aromatic rings. The molecule has 16 heavy (non-hydrogen) atoms. The molecule has 0 aromatic carbocycles. The van der Waals surface area contributed by atoms with Crippen LogP contribution in [0.3, 0.4) is 0 Å². The Labute approximate surface area is 94.1 Å². The molecule has 5 heteroatoms. The van der Waals surface area contributed by atoms with Crippen LogP contribution >= 0.6 is 0 Å². The molecule has 0 aliphatic carbocycles. The van der Waals surface area contributed by atoms with Crippen LogP contribution in [0.25, 0.3) is 0 Å². The number of methoxy groups -OCH3 is 1. The summed E-state index contributed by atoms with van der Waals surface area (Å²) < 4.78 is 10.6. The van der Waals surface area contributed by atoms with E-state index >= 15 is 0 Å². The molecule has 2 rings (SSSR count). The van der Waals surface area contributed by atoms with Gasteiger partial charge in [-0.05, 0) is 25.0 Å². The summed E-state index contributed by atoms with van der Waals surface area (Å²) in [4.78, 5) is 12.8. The summed E-state index contributed by atoms with van der Waals surface area (Å²) >= 11 is 0. The minimum Gasteiger partial charge on any atom is -0.461 e. The van der Waals surface area contributed by atoms with E-state index in [4.69, 9.17) is 14.9 Å². The molecule has 0 bridgehead atoms. The summed E-state index contributed by atoms with van der Waals surface area (Å²) in [5, 5.41) is 0. The van der Waals surface area contributed by atoms with Crippen molar-refractivity contribution in [2.75, 3.05) is 13.7 Å². The highest BCUT2D eigenvalue weighted by Gasteiger charge is 2.30. The highest BCUT2D eigenvalue weighted by atomic mass is 16.5. The topological polar surface area (TPSA) is 68.7 Å². The molecule has 2 N–H and O–H groups in total. The van der Waals surface area contributed by atoms with E-state index in [0.29, 0.717) is 13.2 Å². The number of urea groups is 1. The number of ether oxygens (including phenoxy) is 1. The van der Waals surface area contributed by atoms with E-state index in [2.05, 4.69) is 0 Å². The fourth-order valence-electron chi connectivity index (χ4n) is 2.12. The van der Waals surface area contributed by atoms with E-state index in [1.807, 2.05) is 12.1 Å². The second kappa shape index (κ2) is 4.57. The lowest BCUT2D eigenvalue weighted by Crippen LogP contribution is -2.34. The first-order valence-electron chi connectivity index (χ1n) is 5.36. The number of nitrogens with zero attached hydrogens (tertiary/aromatic N) is 1. The first-order valence-corrected chi connectivity index (χ1v) is 5.36. The van der Waals surface area contributed by atoms with Gasteiger partial charge in [-0.15, -0.1) is 0 Å². The Morgan fingerprint density at radius 1 is 1.69 bits per heavy atom. The number of amides is 2. The van der Waals surface area contributed by atoms with E-state index in [1.54, 1.807) is 12.0 Å². The van der Waals surface area contributed by atoms with Gasteiger partial charge in [-0.3, -0.25) is 0 Å². The van der Waals surface area contributed by atoms with Crippen LogP contribution in [0.4, 0.5) is 4.79 Å². The minimum atomic E-state index is -0.382. The number of likely N-dealkylation sites (tertiary alicyclic amines) is 1. The van der Waals surface area contributed by atoms with Gasteiger partial charge in [-0.1, -0.05) is 0 Å². The van der Waals surface area contributed by atoms with Crippen molar-refractivity contribution in [2.45, 2.75) is 25.5 Å². The SMILES string of the molecule is COCc1ccc([C@H]2CCCN2C(N)=O)o1. The number of nitrogens with two attached hydrogens (primary N) is 1. The van der Waals surface area contributed by atoms with Gasteiger partial charge in [0, 0.05) is 13.7 Å². The monoisotopic (exact) mass is 224 g/mol. The molecule has 0 unspecified atom stereocenters. The van der Waals surface area contributed by atoms with Gasteiger partial charge < -0.3 is 19.8 Å². The third-order valence-corrected chi connectivity index (χ3v) is 2.83. The number of primary amides is 1. The standard InChI is InChI=1S/C11H16N2O3/c1-15-7-8-4-5-10(16-8)9-3-2-6-13(9)11(12)14/h4-5,9H,2-3,6-7H2,1H3,(H2,12,14)/t9-/m1/s1. The Hall–Kier alpha value is -1.49. The second-order valence-corrected chi connectivity index (χ2v) is 3.93. The molecule has 1 aliphatic rings. The average Bonchev–Trinajstić information content (AvgIpc) is 2.83. The maximum absolute atomic E-state index is 11.2. The summed E-state index contributed by atoms with van der Waals surface area (Å²) in [6, 6.07) is 3.37. The summed E-state index contributed by atoms with van der Waals surface area (Å²) in [6.07, 6.45) is 1.87. The van der Waals surface area contributed by atoms with Crippen LogP contribution in [0.2, 0.25) is 0 Å². The van der Waals surface area contributed by atoms with Gasteiger partial charge in [-0.2, -0.15) is 0 Å². The first-order chi connectivity index (χ1) is 7.72. The lowest BCUT2D eigenvalue weighted by atomic mass is 10.2.